The molecule has 2 heterocycles. The van der Waals surface area contributed by atoms with Gasteiger partial charge in [-0.3, -0.25) is 4.79 Å². The topological polar surface area (TPSA) is 69.1 Å². The fourth-order valence-corrected chi connectivity index (χ4v) is 1.39. The van der Waals surface area contributed by atoms with Gasteiger partial charge in [0.1, 0.15) is 11.6 Å². The zero-order valence-electron chi connectivity index (χ0n) is 7.61. The molecule has 2 aromatic rings. The molecule has 0 radical (unpaired) electrons. The lowest BCUT2D eigenvalue weighted by Gasteiger charge is -2.00. The molecule has 0 bridgehead atoms. The first-order chi connectivity index (χ1) is 7.22. The molecule has 0 aliphatic carbocycles. The molecule has 0 saturated heterocycles. The first-order valence-electron chi connectivity index (χ1n) is 4.16. The number of pyridine rings is 1. The van der Waals surface area contributed by atoms with Crippen LogP contribution in [0.5, 0.6) is 0 Å². The molecular formula is C10H7ClN2O2. The molecule has 0 atom stereocenters. The van der Waals surface area contributed by atoms with Crippen molar-refractivity contribution in [1.82, 2.24) is 4.98 Å². The standard InChI is InChI=1S/C10H7ClN2O2/c11-8-3-7(4-13-10(8)12)9-6(5-14)1-2-15-9/h1-5H,(H2,12,13). The maximum atomic E-state index is 10.7. The van der Waals surface area contributed by atoms with E-state index in [1.807, 2.05) is 0 Å². The summed E-state index contributed by atoms with van der Waals surface area (Å²) in [6.07, 6.45) is 3.65. The quantitative estimate of drug-likeness (QED) is 0.792. The Balaban J connectivity index is 2.54. The average molecular weight is 223 g/mol. The highest BCUT2D eigenvalue weighted by molar-refractivity contribution is 6.33. The minimum atomic E-state index is 0.250. The molecule has 2 N–H and O–H groups in total. The second-order valence-electron chi connectivity index (χ2n) is 2.91. The number of anilines is 1. The van der Waals surface area contributed by atoms with E-state index in [2.05, 4.69) is 4.98 Å². The van der Waals surface area contributed by atoms with Gasteiger partial charge in [0, 0.05) is 11.8 Å². The Morgan fingerprint density at radius 3 is 3.00 bits per heavy atom. The van der Waals surface area contributed by atoms with Crippen LogP contribution >= 0.6 is 11.6 Å². The molecule has 2 rings (SSSR count). The number of hydrogen-bond donors (Lipinski definition) is 1. The molecule has 76 valence electrons. The van der Waals surface area contributed by atoms with Crippen LogP contribution in [-0.4, -0.2) is 11.3 Å². The van der Waals surface area contributed by atoms with E-state index in [1.165, 1.54) is 12.5 Å². The van der Waals surface area contributed by atoms with E-state index < -0.39 is 0 Å². The van der Waals surface area contributed by atoms with Crippen LogP contribution in [0.2, 0.25) is 5.02 Å². The molecule has 0 aliphatic heterocycles. The van der Waals surface area contributed by atoms with E-state index >= 15 is 0 Å². The smallest absolute Gasteiger partial charge is 0.153 e. The third kappa shape index (κ3) is 1.71. The summed E-state index contributed by atoms with van der Waals surface area (Å²) in [5, 5.41) is 0.334. The van der Waals surface area contributed by atoms with E-state index in [0.717, 1.165) is 0 Å². The molecule has 0 spiro atoms. The summed E-state index contributed by atoms with van der Waals surface area (Å²) in [5.74, 6) is 0.694. The second-order valence-corrected chi connectivity index (χ2v) is 3.32. The number of nitrogen functional groups attached to an aromatic ring is 1. The van der Waals surface area contributed by atoms with Crippen molar-refractivity contribution in [2.24, 2.45) is 0 Å². The Labute approximate surface area is 90.7 Å². The van der Waals surface area contributed by atoms with Gasteiger partial charge >= 0.3 is 0 Å². The number of rotatable bonds is 2. The highest BCUT2D eigenvalue weighted by Gasteiger charge is 2.10. The molecule has 0 aliphatic rings. The zero-order chi connectivity index (χ0) is 10.8. The number of furan rings is 1. The second kappa shape index (κ2) is 3.74. The van der Waals surface area contributed by atoms with Gasteiger partial charge in [-0.2, -0.15) is 0 Å². The van der Waals surface area contributed by atoms with Gasteiger partial charge in [0.2, 0.25) is 0 Å². The predicted octanol–water partition coefficient (Wildman–Crippen LogP) is 2.39. The first kappa shape index (κ1) is 9.73. The number of halogens is 1. The molecule has 2 aromatic heterocycles. The van der Waals surface area contributed by atoms with Gasteiger partial charge in [-0.05, 0) is 12.1 Å². The van der Waals surface area contributed by atoms with E-state index in [1.54, 1.807) is 12.1 Å². The molecular weight excluding hydrogens is 216 g/mol. The van der Waals surface area contributed by atoms with Crippen molar-refractivity contribution >= 4 is 23.7 Å². The molecule has 4 nitrogen and oxygen atoms in total. The van der Waals surface area contributed by atoms with E-state index in [4.69, 9.17) is 21.8 Å². The van der Waals surface area contributed by atoms with Crippen LogP contribution < -0.4 is 5.73 Å². The Kier molecular flexibility index (Phi) is 2.43. The molecule has 0 saturated carbocycles. The summed E-state index contributed by atoms with van der Waals surface area (Å²) in [7, 11) is 0. The fourth-order valence-electron chi connectivity index (χ4n) is 1.22. The van der Waals surface area contributed by atoms with Gasteiger partial charge in [-0.15, -0.1) is 0 Å². The molecule has 0 amide bonds. The normalized spacial score (nSPS) is 10.2. The first-order valence-corrected chi connectivity index (χ1v) is 4.54. The number of hydrogen-bond acceptors (Lipinski definition) is 4. The van der Waals surface area contributed by atoms with Crippen molar-refractivity contribution in [3.05, 3.63) is 35.2 Å². The molecule has 0 unspecified atom stereocenters. The van der Waals surface area contributed by atoms with Crippen molar-refractivity contribution in [2.75, 3.05) is 5.73 Å². The minimum absolute atomic E-state index is 0.250. The minimum Gasteiger partial charge on any atom is -0.464 e. The molecule has 15 heavy (non-hydrogen) atoms. The summed E-state index contributed by atoms with van der Waals surface area (Å²) in [5.41, 5.74) is 6.55. The lowest BCUT2D eigenvalue weighted by molar-refractivity contribution is 0.112. The van der Waals surface area contributed by atoms with Crippen molar-refractivity contribution < 1.29 is 9.21 Å². The van der Waals surface area contributed by atoms with Crippen molar-refractivity contribution in [1.29, 1.82) is 0 Å². The van der Waals surface area contributed by atoms with Crippen molar-refractivity contribution in [3.8, 4) is 11.3 Å². The highest BCUT2D eigenvalue weighted by Crippen LogP contribution is 2.27. The molecule has 5 heteroatoms. The average Bonchev–Trinajstić information content (AvgIpc) is 2.70. The Hall–Kier alpha value is -1.81. The lowest BCUT2D eigenvalue weighted by Crippen LogP contribution is -1.91. The maximum absolute atomic E-state index is 10.7. The summed E-state index contributed by atoms with van der Waals surface area (Å²) in [6, 6.07) is 3.18. The third-order valence-corrected chi connectivity index (χ3v) is 2.26. The number of aldehydes is 1. The molecule has 0 fully saturated rings. The summed E-state index contributed by atoms with van der Waals surface area (Å²) < 4.78 is 5.17. The van der Waals surface area contributed by atoms with Crippen LogP contribution in [0.3, 0.4) is 0 Å². The maximum Gasteiger partial charge on any atom is 0.153 e. The van der Waals surface area contributed by atoms with E-state index in [-0.39, 0.29) is 5.82 Å². The number of carbonyl (C=O) groups is 1. The van der Waals surface area contributed by atoms with Gasteiger partial charge < -0.3 is 10.2 Å². The number of nitrogens with zero attached hydrogens (tertiary/aromatic N) is 1. The van der Waals surface area contributed by atoms with Gasteiger partial charge in [-0.1, -0.05) is 11.6 Å². The van der Waals surface area contributed by atoms with Crippen LogP contribution in [-0.2, 0) is 0 Å². The summed E-state index contributed by atoms with van der Waals surface area (Å²) in [6.45, 7) is 0. The van der Waals surface area contributed by atoms with Crippen molar-refractivity contribution in [2.45, 2.75) is 0 Å². The van der Waals surface area contributed by atoms with Crippen LogP contribution in [0.1, 0.15) is 10.4 Å². The number of carbonyl (C=O) groups excluding carboxylic acids is 1. The summed E-state index contributed by atoms with van der Waals surface area (Å²) >= 11 is 5.81. The van der Waals surface area contributed by atoms with Crippen LogP contribution in [0.4, 0.5) is 5.82 Å². The van der Waals surface area contributed by atoms with Gasteiger partial charge in [0.15, 0.2) is 6.29 Å². The summed E-state index contributed by atoms with van der Waals surface area (Å²) in [4.78, 5) is 14.6. The van der Waals surface area contributed by atoms with E-state index in [0.29, 0.717) is 28.2 Å². The van der Waals surface area contributed by atoms with E-state index in [9.17, 15) is 4.79 Å². The van der Waals surface area contributed by atoms with Gasteiger partial charge in [0.05, 0.1) is 16.8 Å². The largest absolute Gasteiger partial charge is 0.464 e. The SMILES string of the molecule is Nc1ncc(-c2occc2C=O)cc1Cl. The predicted molar refractivity (Wildman–Crippen MR) is 56.7 cm³/mol. The van der Waals surface area contributed by atoms with Crippen LogP contribution in [0.25, 0.3) is 11.3 Å². The Morgan fingerprint density at radius 2 is 2.33 bits per heavy atom. The van der Waals surface area contributed by atoms with Crippen LogP contribution in [0.15, 0.2) is 29.0 Å². The Morgan fingerprint density at radius 1 is 1.53 bits per heavy atom. The van der Waals surface area contributed by atoms with Crippen molar-refractivity contribution in [3.63, 3.8) is 0 Å². The van der Waals surface area contributed by atoms with Gasteiger partial charge in [-0.25, -0.2) is 4.98 Å². The molecule has 0 aromatic carbocycles. The highest BCUT2D eigenvalue weighted by atomic mass is 35.5. The monoisotopic (exact) mass is 222 g/mol. The lowest BCUT2D eigenvalue weighted by atomic mass is 10.1. The number of aromatic nitrogens is 1. The number of nitrogens with two attached hydrogens (primary N) is 1. The third-order valence-electron chi connectivity index (χ3n) is 1.95. The van der Waals surface area contributed by atoms with Crippen LogP contribution in [0, 0.1) is 0 Å². The fraction of sp³-hybridized carbons (Fsp3) is 0. The zero-order valence-corrected chi connectivity index (χ0v) is 8.36. The Bertz CT molecular complexity index is 508. The van der Waals surface area contributed by atoms with Gasteiger partial charge in [0.25, 0.3) is 0 Å².